The fourth-order valence-electron chi connectivity index (χ4n) is 6.53. The van der Waals surface area contributed by atoms with Gasteiger partial charge in [0.25, 0.3) is 5.91 Å². The second-order valence-corrected chi connectivity index (χ2v) is 10.4. The molecule has 4 fully saturated rings. The van der Waals surface area contributed by atoms with Crippen molar-refractivity contribution in [1.82, 2.24) is 5.32 Å². The number of hydrogen-bond acceptors (Lipinski definition) is 3. The van der Waals surface area contributed by atoms with Gasteiger partial charge in [-0.3, -0.25) is 4.79 Å². The van der Waals surface area contributed by atoms with Crippen LogP contribution in [0, 0.1) is 17.8 Å². The van der Waals surface area contributed by atoms with Crippen molar-refractivity contribution in [2.75, 3.05) is 13.2 Å². The summed E-state index contributed by atoms with van der Waals surface area (Å²) in [7, 11) is 0. The summed E-state index contributed by atoms with van der Waals surface area (Å²) in [5.74, 6) is 4.00. The lowest BCUT2D eigenvalue weighted by Gasteiger charge is -2.56. The number of ether oxygens (including phenoxy) is 2. The molecule has 0 radical (unpaired) electrons. The van der Waals surface area contributed by atoms with Crippen molar-refractivity contribution in [3.63, 3.8) is 0 Å². The predicted octanol–water partition coefficient (Wildman–Crippen LogP) is 6.52. The molecule has 1 aromatic rings. The minimum atomic E-state index is 0.0311. The smallest absolute Gasteiger partial charge is 0.251 e. The molecular formula is C27H41NO3. The zero-order valence-corrected chi connectivity index (χ0v) is 19.6. The molecule has 4 aliphatic carbocycles. The lowest BCUT2D eigenvalue weighted by molar-refractivity contribution is -0.0167. The van der Waals surface area contributed by atoms with Gasteiger partial charge < -0.3 is 14.8 Å². The Balaban J connectivity index is 1.43. The highest BCUT2D eigenvalue weighted by molar-refractivity contribution is 5.95. The molecule has 4 aliphatic rings. The highest BCUT2D eigenvalue weighted by atomic mass is 16.5. The number of benzene rings is 1. The molecule has 5 rings (SSSR count). The third kappa shape index (κ3) is 5.56. The van der Waals surface area contributed by atoms with Crippen molar-refractivity contribution in [3.05, 3.63) is 23.8 Å². The highest BCUT2D eigenvalue weighted by Gasteiger charge is 2.51. The average molecular weight is 428 g/mol. The van der Waals surface area contributed by atoms with E-state index in [9.17, 15) is 4.79 Å². The van der Waals surface area contributed by atoms with Crippen LogP contribution in [-0.4, -0.2) is 24.7 Å². The van der Waals surface area contributed by atoms with Gasteiger partial charge in [0.05, 0.1) is 13.2 Å². The Morgan fingerprint density at radius 3 is 1.97 bits per heavy atom. The molecule has 31 heavy (non-hydrogen) atoms. The summed E-state index contributed by atoms with van der Waals surface area (Å²) in [6, 6.07) is 5.73. The summed E-state index contributed by atoms with van der Waals surface area (Å²) in [6.07, 6.45) is 14.4. The lowest BCUT2D eigenvalue weighted by atomic mass is 9.53. The Morgan fingerprint density at radius 2 is 1.42 bits per heavy atom. The van der Waals surface area contributed by atoms with Crippen molar-refractivity contribution in [2.24, 2.45) is 17.8 Å². The van der Waals surface area contributed by atoms with Gasteiger partial charge in [0.15, 0.2) is 11.5 Å². The monoisotopic (exact) mass is 427 g/mol. The molecule has 0 saturated heterocycles. The van der Waals surface area contributed by atoms with Gasteiger partial charge in [-0.2, -0.15) is 0 Å². The van der Waals surface area contributed by atoms with Crippen LogP contribution in [0.5, 0.6) is 11.5 Å². The van der Waals surface area contributed by atoms with Crippen molar-refractivity contribution in [3.8, 4) is 11.5 Å². The number of amides is 1. The first-order chi connectivity index (χ1) is 15.1. The Labute approximate surface area is 188 Å². The van der Waals surface area contributed by atoms with E-state index in [2.05, 4.69) is 19.2 Å². The summed E-state index contributed by atoms with van der Waals surface area (Å²) in [4.78, 5) is 13.3. The van der Waals surface area contributed by atoms with Gasteiger partial charge in [-0.25, -0.2) is 0 Å². The maximum atomic E-state index is 13.3. The third-order valence-corrected chi connectivity index (χ3v) is 7.63. The van der Waals surface area contributed by atoms with Gasteiger partial charge in [-0.1, -0.05) is 39.5 Å². The predicted molar refractivity (Wildman–Crippen MR) is 125 cm³/mol. The molecule has 0 atom stereocenters. The minimum absolute atomic E-state index is 0.0311. The van der Waals surface area contributed by atoms with E-state index >= 15 is 0 Å². The molecule has 4 heteroatoms. The number of hydrogen-bond donors (Lipinski definition) is 1. The van der Waals surface area contributed by atoms with Crippen LogP contribution in [0.1, 0.15) is 101 Å². The molecule has 0 heterocycles. The Hall–Kier alpha value is -1.71. The van der Waals surface area contributed by atoms with E-state index in [1.165, 1.54) is 44.9 Å². The topological polar surface area (TPSA) is 47.6 Å². The van der Waals surface area contributed by atoms with Crippen molar-refractivity contribution in [2.45, 2.75) is 96.4 Å². The van der Waals surface area contributed by atoms with E-state index in [0.717, 1.165) is 55.6 Å². The van der Waals surface area contributed by atoms with Crippen LogP contribution in [0.2, 0.25) is 0 Å². The fraction of sp³-hybridized carbons (Fsp3) is 0.741. The molecule has 0 aromatic heterocycles. The normalized spacial score (nSPS) is 28.5. The lowest BCUT2D eigenvalue weighted by Crippen LogP contribution is -2.59. The van der Waals surface area contributed by atoms with E-state index in [1.807, 2.05) is 18.2 Å². The van der Waals surface area contributed by atoms with Crippen LogP contribution < -0.4 is 14.8 Å². The Morgan fingerprint density at radius 1 is 0.871 bits per heavy atom. The number of carbonyl (C=O) groups excluding carboxylic acids is 1. The standard InChI is InChI=1S/C27H41NO3/c1-3-5-7-11-30-24-10-9-23(16-25(24)31-12-8-6-4-2)26(29)28-27-17-20-13-21(18-27)15-22(14-20)19-27/h9-10,16,20-22H,3-8,11-15,17-19H2,1-2H3,(H,28,29). The summed E-state index contributed by atoms with van der Waals surface area (Å²) < 4.78 is 12.1. The molecule has 0 aliphatic heterocycles. The van der Waals surface area contributed by atoms with E-state index < -0.39 is 0 Å². The average Bonchev–Trinajstić information content (AvgIpc) is 2.73. The van der Waals surface area contributed by atoms with Crippen LogP contribution in [-0.2, 0) is 0 Å². The van der Waals surface area contributed by atoms with E-state index in [-0.39, 0.29) is 11.4 Å². The Kier molecular flexibility index (Phi) is 7.45. The molecule has 1 aromatic carbocycles. The van der Waals surface area contributed by atoms with Gasteiger partial charge >= 0.3 is 0 Å². The first kappa shape index (κ1) is 22.5. The molecule has 172 valence electrons. The molecule has 4 saturated carbocycles. The second kappa shape index (κ2) is 10.3. The fourth-order valence-corrected chi connectivity index (χ4v) is 6.53. The zero-order valence-electron chi connectivity index (χ0n) is 19.6. The van der Waals surface area contributed by atoms with Gasteiger partial charge in [0.2, 0.25) is 0 Å². The second-order valence-electron chi connectivity index (χ2n) is 10.4. The maximum Gasteiger partial charge on any atom is 0.251 e. The molecule has 1 N–H and O–H groups in total. The SMILES string of the molecule is CCCCCOc1ccc(C(=O)NC23CC4CC(CC(C4)C2)C3)cc1OCCCCC. The number of rotatable bonds is 12. The molecule has 4 bridgehead atoms. The summed E-state index contributed by atoms with van der Waals surface area (Å²) in [5, 5.41) is 3.49. The van der Waals surface area contributed by atoms with E-state index in [4.69, 9.17) is 9.47 Å². The number of carbonyl (C=O) groups is 1. The molecule has 0 unspecified atom stereocenters. The summed E-state index contributed by atoms with van der Waals surface area (Å²) in [5.41, 5.74) is 0.727. The number of unbranched alkanes of at least 4 members (excludes halogenated alkanes) is 4. The van der Waals surface area contributed by atoms with Crippen LogP contribution >= 0.6 is 0 Å². The van der Waals surface area contributed by atoms with Crippen molar-refractivity contribution in [1.29, 1.82) is 0 Å². The summed E-state index contributed by atoms with van der Waals surface area (Å²) in [6.45, 7) is 5.74. The molecule has 1 amide bonds. The zero-order chi connectivity index (χ0) is 21.7. The first-order valence-electron chi connectivity index (χ1n) is 12.8. The first-order valence-corrected chi connectivity index (χ1v) is 12.8. The minimum Gasteiger partial charge on any atom is -0.490 e. The third-order valence-electron chi connectivity index (χ3n) is 7.63. The van der Waals surface area contributed by atoms with Gasteiger partial charge in [-0.05, 0) is 87.3 Å². The van der Waals surface area contributed by atoms with Gasteiger partial charge in [0.1, 0.15) is 0 Å². The van der Waals surface area contributed by atoms with E-state index in [0.29, 0.717) is 24.5 Å². The van der Waals surface area contributed by atoms with Gasteiger partial charge in [0, 0.05) is 11.1 Å². The molecule has 4 nitrogen and oxygen atoms in total. The quantitative estimate of drug-likeness (QED) is 0.386. The van der Waals surface area contributed by atoms with Crippen molar-refractivity contribution >= 4 is 5.91 Å². The maximum absolute atomic E-state index is 13.3. The van der Waals surface area contributed by atoms with Crippen LogP contribution in [0.4, 0.5) is 0 Å². The number of nitrogens with one attached hydrogen (secondary N) is 1. The highest BCUT2D eigenvalue weighted by Crippen LogP contribution is 2.55. The van der Waals surface area contributed by atoms with Crippen LogP contribution in [0.3, 0.4) is 0 Å². The van der Waals surface area contributed by atoms with Gasteiger partial charge in [-0.15, -0.1) is 0 Å². The largest absolute Gasteiger partial charge is 0.490 e. The Bertz CT molecular complexity index is 709. The summed E-state index contributed by atoms with van der Waals surface area (Å²) >= 11 is 0. The molecular weight excluding hydrogens is 386 g/mol. The van der Waals surface area contributed by atoms with Crippen LogP contribution in [0.25, 0.3) is 0 Å². The van der Waals surface area contributed by atoms with E-state index in [1.54, 1.807) is 0 Å². The van der Waals surface area contributed by atoms with Crippen LogP contribution in [0.15, 0.2) is 18.2 Å². The molecule has 0 spiro atoms. The van der Waals surface area contributed by atoms with Crippen molar-refractivity contribution < 1.29 is 14.3 Å².